The van der Waals surface area contributed by atoms with Crippen molar-refractivity contribution in [2.75, 3.05) is 0 Å². The lowest BCUT2D eigenvalue weighted by Gasteiger charge is -2.06. The summed E-state index contributed by atoms with van der Waals surface area (Å²) in [5.74, 6) is -0.762. The van der Waals surface area contributed by atoms with Gasteiger partial charge in [0.25, 0.3) is 0 Å². The number of furan rings is 1. The van der Waals surface area contributed by atoms with Crippen LogP contribution in [0.25, 0.3) is 22.3 Å². The Morgan fingerprint density at radius 1 is 1.00 bits per heavy atom. The van der Waals surface area contributed by atoms with Gasteiger partial charge in [0, 0.05) is 28.6 Å². The zero-order valence-corrected chi connectivity index (χ0v) is 14.3. The smallest absolute Gasteiger partial charge is 0.374 e. The highest BCUT2D eigenvalue weighted by molar-refractivity contribution is 5.87. The van der Waals surface area contributed by atoms with Gasteiger partial charge < -0.3 is 18.7 Å². The van der Waals surface area contributed by atoms with Crippen LogP contribution in [0.4, 0.5) is 4.39 Å². The highest BCUT2D eigenvalue weighted by atomic mass is 19.1. The first-order valence-corrected chi connectivity index (χ1v) is 8.28. The van der Waals surface area contributed by atoms with E-state index in [1.54, 1.807) is 12.1 Å². The van der Waals surface area contributed by atoms with E-state index in [0.717, 1.165) is 0 Å². The molecular weight excluding hydrogens is 367 g/mol. The van der Waals surface area contributed by atoms with E-state index in [1.807, 2.05) is 0 Å². The first kappa shape index (κ1) is 17.5. The Bertz CT molecular complexity index is 1220. The van der Waals surface area contributed by atoms with Crippen molar-refractivity contribution in [1.82, 2.24) is 0 Å². The van der Waals surface area contributed by atoms with Crippen molar-refractivity contribution in [2.45, 2.75) is 6.61 Å². The molecule has 28 heavy (non-hydrogen) atoms. The minimum absolute atomic E-state index is 0.0239. The van der Waals surface area contributed by atoms with Gasteiger partial charge in [0.15, 0.2) is 0 Å². The molecule has 2 aromatic carbocycles. The monoisotopic (exact) mass is 380 g/mol. The van der Waals surface area contributed by atoms with Gasteiger partial charge in [-0.05, 0) is 48.5 Å². The minimum Gasteiger partial charge on any atom is -0.508 e. The summed E-state index contributed by atoms with van der Waals surface area (Å²) in [6.45, 7) is -0.182. The number of aromatic hydroxyl groups is 1. The predicted molar refractivity (Wildman–Crippen MR) is 97.4 cm³/mol. The van der Waals surface area contributed by atoms with E-state index in [2.05, 4.69) is 0 Å². The van der Waals surface area contributed by atoms with Gasteiger partial charge in [-0.2, -0.15) is 0 Å². The van der Waals surface area contributed by atoms with E-state index in [1.165, 1.54) is 48.5 Å². The van der Waals surface area contributed by atoms with E-state index in [0.29, 0.717) is 22.3 Å². The van der Waals surface area contributed by atoms with E-state index >= 15 is 0 Å². The number of ether oxygens (including phenoxy) is 1. The number of halogens is 1. The lowest BCUT2D eigenvalue weighted by atomic mass is 10.1. The van der Waals surface area contributed by atoms with Crippen molar-refractivity contribution in [3.8, 4) is 17.1 Å². The Labute approximate surface area is 157 Å². The van der Waals surface area contributed by atoms with Gasteiger partial charge >= 0.3 is 11.6 Å². The van der Waals surface area contributed by atoms with Gasteiger partial charge in [0.2, 0.25) is 5.76 Å². The summed E-state index contributed by atoms with van der Waals surface area (Å²) in [5, 5.41) is 10.0. The molecule has 0 unspecified atom stereocenters. The van der Waals surface area contributed by atoms with Gasteiger partial charge in [-0.3, -0.25) is 0 Å². The third kappa shape index (κ3) is 3.50. The van der Waals surface area contributed by atoms with Crippen LogP contribution in [0.1, 0.15) is 16.1 Å². The summed E-state index contributed by atoms with van der Waals surface area (Å²) in [6.07, 6.45) is 0. The average Bonchev–Trinajstić information content (AvgIpc) is 3.16. The molecule has 0 saturated carbocycles. The maximum Gasteiger partial charge on any atom is 0.374 e. The number of rotatable bonds is 4. The molecule has 0 aliphatic rings. The molecule has 6 nitrogen and oxygen atoms in total. The third-order valence-corrected chi connectivity index (χ3v) is 4.11. The number of carbonyl (C=O) groups is 1. The largest absolute Gasteiger partial charge is 0.508 e. The first-order valence-electron chi connectivity index (χ1n) is 8.28. The van der Waals surface area contributed by atoms with Crippen LogP contribution < -0.4 is 5.63 Å². The number of phenolic OH excluding ortho intramolecular Hbond substituents is 1. The lowest BCUT2D eigenvalue weighted by molar-refractivity contribution is 0.0438. The minimum atomic E-state index is -0.714. The first-order chi connectivity index (χ1) is 13.5. The highest BCUT2D eigenvalue weighted by Crippen LogP contribution is 2.24. The molecule has 140 valence electrons. The van der Waals surface area contributed by atoms with Crippen LogP contribution in [0, 0.1) is 5.82 Å². The van der Waals surface area contributed by atoms with Crippen molar-refractivity contribution in [2.24, 2.45) is 0 Å². The van der Waals surface area contributed by atoms with Crippen molar-refractivity contribution >= 4 is 16.9 Å². The van der Waals surface area contributed by atoms with Crippen LogP contribution >= 0.6 is 0 Å². The fourth-order valence-corrected chi connectivity index (χ4v) is 2.77. The van der Waals surface area contributed by atoms with Gasteiger partial charge in [-0.25, -0.2) is 14.0 Å². The van der Waals surface area contributed by atoms with Gasteiger partial charge in [0.1, 0.15) is 29.5 Å². The van der Waals surface area contributed by atoms with Crippen molar-refractivity contribution < 1.29 is 27.9 Å². The molecule has 4 aromatic rings. The molecule has 0 atom stereocenters. The molecule has 2 aromatic heterocycles. The third-order valence-electron chi connectivity index (χ3n) is 4.11. The Kier molecular flexibility index (Phi) is 4.41. The summed E-state index contributed by atoms with van der Waals surface area (Å²) >= 11 is 0. The molecule has 4 rings (SSSR count). The van der Waals surface area contributed by atoms with Crippen molar-refractivity contribution in [1.29, 1.82) is 0 Å². The second-order valence-corrected chi connectivity index (χ2v) is 6.02. The second-order valence-electron chi connectivity index (χ2n) is 6.02. The van der Waals surface area contributed by atoms with Crippen LogP contribution in [-0.4, -0.2) is 11.1 Å². The van der Waals surface area contributed by atoms with Crippen LogP contribution in [-0.2, 0) is 11.3 Å². The quantitative estimate of drug-likeness (QED) is 0.420. The fourth-order valence-electron chi connectivity index (χ4n) is 2.77. The number of carbonyl (C=O) groups excluding carboxylic acids is 1. The Hall–Kier alpha value is -3.87. The number of hydrogen-bond donors (Lipinski definition) is 1. The average molecular weight is 380 g/mol. The maximum absolute atomic E-state index is 13.0. The number of esters is 1. The molecule has 0 aliphatic heterocycles. The molecule has 0 spiro atoms. The van der Waals surface area contributed by atoms with E-state index in [4.69, 9.17) is 13.6 Å². The number of benzene rings is 2. The summed E-state index contributed by atoms with van der Waals surface area (Å²) in [7, 11) is 0. The Morgan fingerprint density at radius 3 is 2.57 bits per heavy atom. The van der Waals surface area contributed by atoms with Gasteiger partial charge in [-0.15, -0.1) is 0 Å². The highest BCUT2D eigenvalue weighted by Gasteiger charge is 2.15. The normalized spacial score (nSPS) is 10.9. The number of hydrogen-bond acceptors (Lipinski definition) is 6. The number of phenols is 1. The maximum atomic E-state index is 13.0. The fraction of sp³-hybridized carbons (Fsp3) is 0.0476. The van der Waals surface area contributed by atoms with E-state index < -0.39 is 11.6 Å². The predicted octanol–water partition coefficient (Wildman–Crippen LogP) is 4.25. The van der Waals surface area contributed by atoms with Crippen molar-refractivity contribution in [3.05, 3.63) is 88.2 Å². The molecule has 0 bridgehead atoms. The molecule has 0 amide bonds. The second kappa shape index (κ2) is 7.03. The molecular formula is C21H13FO6. The molecule has 0 saturated heterocycles. The Morgan fingerprint density at radius 2 is 1.79 bits per heavy atom. The summed E-state index contributed by atoms with van der Waals surface area (Å²) < 4.78 is 28.8. The standard InChI is InChI=1S/C21H13FO6/c22-14-3-1-12(2-4-14)17-7-8-18(27-17)21(25)26-11-13-9-20(24)28-19-10-15(23)5-6-16(13)19/h1-10,23H,11H2. The van der Waals surface area contributed by atoms with Gasteiger partial charge in [-0.1, -0.05) is 0 Å². The summed E-state index contributed by atoms with van der Waals surface area (Å²) in [5.41, 5.74) is 0.618. The molecule has 0 radical (unpaired) electrons. The van der Waals surface area contributed by atoms with Crippen LogP contribution in [0.3, 0.4) is 0 Å². The zero-order chi connectivity index (χ0) is 19.7. The number of fused-ring (bicyclic) bond motifs is 1. The zero-order valence-electron chi connectivity index (χ0n) is 14.3. The van der Waals surface area contributed by atoms with Crippen LogP contribution in [0.5, 0.6) is 5.75 Å². The van der Waals surface area contributed by atoms with Gasteiger partial charge in [0.05, 0.1) is 0 Å². The molecule has 1 N–H and O–H groups in total. The van der Waals surface area contributed by atoms with E-state index in [-0.39, 0.29) is 29.5 Å². The summed E-state index contributed by atoms with van der Waals surface area (Å²) in [6, 6.07) is 14.2. The SMILES string of the molecule is O=C(OCc1cc(=O)oc2cc(O)ccc12)c1ccc(-c2ccc(F)cc2)o1. The molecule has 7 heteroatoms. The lowest BCUT2D eigenvalue weighted by Crippen LogP contribution is -2.07. The molecule has 0 aliphatic carbocycles. The Balaban J connectivity index is 1.53. The molecule has 0 fully saturated rings. The molecule has 2 heterocycles. The van der Waals surface area contributed by atoms with E-state index in [9.17, 15) is 19.1 Å². The van der Waals surface area contributed by atoms with Crippen LogP contribution in [0.15, 0.2) is 74.3 Å². The summed E-state index contributed by atoms with van der Waals surface area (Å²) in [4.78, 5) is 24.0. The van der Waals surface area contributed by atoms with Crippen LogP contribution in [0.2, 0.25) is 0 Å². The van der Waals surface area contributed by atoms with Crippen molar-refractivity contribution in [3.63, 3.8) is 0 Å². The topological polar surface area (TPSA) is 89.9 Å².